The van der Waals surface area contributed by atoms with Gasteiger partial charge in [0.2, 0.25) is 0 Å². The summed E-state index contributed by atoms with van der Waals surface area (Å²) in [5.74, 6) is -15.6. The average Bonchev–Trinajstić information content (AvgIpc) is 2.56. The van der Waals surface area contributed by atoms with E-state index in [1.54, 1.807) is 4.13 Å². The minimum Gasteiger partial charge on any atom is -0.430 e. The van der Waals surface area contributed by atoms with Gasteiger partial charge < -0.3 is 4.13 Å². The molecule has 0 aromatic carbocycles. The second-order valence-corrected chi connectivity index (χ2v) is 12.3. The number of alkyl halides is 9. The van der Waals surface area contributed by atoms with E-state index in [2.05, 4.69) is 5.32 Å². The van der Waals surface area contributed by atoms with E-state index in [-0.39, 0.29) is 17.8 Å². The Morgan fingerprint density at radius 1 is 0.750 bits per heavy atom. The zero-order valence-electron chi connectivity index (χ0n) is 16.0. The van der Waals surface area contributed by atoms with Gasteiger partial charge in [0.05, 0.1) is 15.9 Å². The summed E-state index contributed by atoms with van der Waals surface area (Å²) < 4.78 is 165. The molecule has 32 heavy (non-hydrogen) atoms. The van der Waals surface area contributed by atoms with Crippen molar-refractivity contribution < 1.29 is 56.3 Å². The Morgan fingerprint density at radius 2 is 1.16 bits per heavy atom. The summed E-state index contributed by atoms with van der Waals surface area (Å²) >= 11 is 0. The molecule has 0 aromatic heterocycles. The van der Waals surface area contributed by atoms with Gasteiger partial charge in [0.1, 0.15) is 0 Å². The molecule has 1 N–H and O–H groups in total. The summed E-state index contributed by atoms with van der Waals surface area (Å²) in [7, 11) is -12.9. The lowest BCUT2D eigenvalue weighted by atomic mass is 9.53. The molecule has 0 amide bonds. The molecular formula is C15H18F9N2O4S2-. The number of nitrogens with zero attached hydrogens (tertiary/aromatic N) is 1. The molecule has 4 bridgehead atoms. The molecular weight excluding hydrogens is 507 g/mol. The third kappa shape index (κ3) is 4.10. The molecule has 4 fully saturated rings. The highest BCUT2D eigenvalue weighted by molar-refractivity contribution is 8.12. The number of halogens is 9. The van der Waals surface area contributed by atoms with Crippen molar-refractivity contribution in [2.24, 2.45) is 17.8 Å². The fraction of sp³-hybridized carbons (Fsp3) is 1.00. The Morgan fingerprint density at radius 3 is 1.53 bits per heavy atom. The summed E-state index contributed by atoms with van der Waals surface area (Å²) in [4.78, 5) is 0. The van der Waals surface area contributed by atoms with Crippen molar-refractivity contribution in [3.63, 3.8) is 0 Å². The van der Waals surface area contributed by atoms with E-state index in [0.717, 1.165) is 19.3 Å². The number of sulfonamides is 2. The molecule has 0 unspecified atom stereocenters. The third-order valence-electron chi connectivity index (χ3n) is 6.32. The molecule has 0 spiro atoms. The van der Waals surface area contributed by atoms with E-state index in [1.165, 1.54) is 0 Å². The first-order valence-electron chi connectivity index (χ1n) is 9.31. The topological polar surface area (TPSA) is 94.4 Å². The molecule has 0 atom stereocenters. The number of hydrogen-bond donors (Lipinski definition) is 1. The van der Waals surface area contributed by atoms with Gasteiger partial charge in [-0.2, -0.15) is 39.5 Å². The Kier molecular flexibility index (Phi) is 5.92. The summed E-state index contributed by atoms with van der Waals surface area (Å²) in [6.07, 6.45) is -2.98. The van der Waals surface area contributed by atoms with Gasteiger partial charge in [-0.3, -0.25) is 5.32 Å². The zero-order chi connectivity index (χ0) is 24.6. The van der Waals surface area contributed by atoms with E-state index >= 15 is 0 Å². The van der Waals surface area contributed by atoms with Crippen molar-refractivity contribution in [2.75, 3.05) is 5.88 Å². The fourth-order valence-corrected chi connectivity index (χ4v) is 8.04. The van der Waals surface area contributed by atoms with Gasteiger partial charge in [-0.05, 0) is 56.3 Å². The van der Waals surface area contributed by atoms with Crippen LogP contribution in [0.5, 0.6) is 0 Å². The molecule has 6 nitrogen and oxygen atoms in total. The Balaban J connectivity index is 1.76. The fourth-order valence-electron chi connectivity index (χ4n) is 5.32. The summed E-state index contributed by atoms with van der Waals surface area (Å²) in [6, 6.07) is 0. The predicted octanol–water partition coefficient (Wildman–Crippen LogP) is 3.96. The standard InChI is InChI=1S/C15H18F9N2O4S2/c16-12(17,14(20,21)22)13(18,19)15(23,24)32(29,30)26-31(27,28)7-25-11-4-8-1-9(5-11)3-10(2-8)6-11/h8-10,25H,1-7H2/q-1. The van der Waals surface area contributed by atoms with Crippen LogP contribution in [-0.2, 0) is 20.0 Å². The van der Waals surface area contributed by atoms with E-state index in [9.17, 15) is 56.3 Å². The van der Waals surface area contributed by atoms with Gasteiger partial charge in [0.15, 0.2) is 10.0 Å². The van der Waals surface area contributed by atoms with Gasteiger partial charge in [0, 0.05) is 5.54 Å². The molecule has 0 saturated heterocycles. The van der Waals surface area contributed by atoms with Crippen LogP contribution in [0.3, 0.4) is 0 Å². The quantitative estimate of drug-likeness (QED) is 0.485. The predicted molar refractivity (Wildman–Crippen MR) is 91.0 cm³/mol. The lowest BCUT2D eigenvalue weighted by Gasteiger charge is -2.57. The number of nitrogens with one attached hydrogen (secondary N) is 1. The zero-order valence-corrected chi connectivity index (χ0v) is 17.6. The van der Waals surface area contributed by atoms with Crippen LogP contribution in [0.15, 0.2) is 0 Å². The van der Waals surface area contributed by atoms with E-state index in [1.807, 2.05) is 0 Å². The summed E-state index contributed by atoms with van der Waals surface area (Å²) in [5.41, 5.74) is -0.767. The largest absolute Gasteiger partial charge is 0.460 e. The Labute approximate surface area is 177 Å². The summed E-state index contributed by atoms with van der Waals surface area (Å²) in [5, 5.41) is -4.65. The van der Waals surface area contributed by atoms with Crippen LogP contribution in [0.4, 0.5) is 39.5 Å². The lowest BCUT2D eigenvalue weighted by molar-refractivity contribution is -0.382. The van der Waals surface area contributed by atoms with Crippen molar-refractivity contribution in [3.05, 3.63) is 4.13 Å². The highest BCUT2D eigenvalue weighted by atomic mass is 32.3. The van der Waals surface area contributed by atoms with E-state index in [0.29, 0.717) is 19.3 Å². The highest BCUT2D eigenvalue weighted by Gasteiger charge is 2.84. The van der Waals surface area contributed by atoms with Crippen molar-refractivity contribution >= 4 is 20.0 Å². The van der Waals surface area contributed by atoms with Crippen LogP contribution in [0.1, 0.15) is 38.5 Å². The Hall–Kier alpha value is -0.810. The monoisotopic (exact) mass is 525 g/mol. The molecule has 17 heteroatoms. The molecule has 4 saturated carbocycles. The van der Waals surface area contributed by atoms with Gasteiger partial charge in [-0.1, -0.05) is 0 Å². The second-order valence-electron chi connectivity index (χ2n) is 8.81. The molecule has 0 heterocycles. The third-order valence-corrected chi connectivity index (χ3v) is 9.43. The van der Waals surface area contributed by atoms with Crippen LogP contribution in [0, 0.1) is 17.8 Å². The van der Waals surface area contributed by atoms with Gasteiger partial charge in [-0.15, -0.1) is 0 Å². The highest BCUT2D eigenvalue weighted by Crippen LogP contribution is 2.57. The van der Waals surface area contributed by atoms with Crippen LogP contribution in [0.25, 0.3) is 4.13 Å². The lowest BCUT2D eigenvalue weighted by Crippen LogP contribution is -2.63. The molecule has 0 aromatic rings. The van der Waals surface area contributed by atoms with Crippen molar-refractivity contribution in [2.45, 2.75) is 67.3 Å². The Bertz CT molecular complexity index is 929. The maximum Gasteiger partial charge on any atom is 0.460 e. The van der Waals surface area contributed by atoms with E-state index in [4.69, 9.17) is 0 Å². The van der Waals surface area contributed by atoms with Gasteiger partial charge in [0.25, 0.3) is 0 Å². The average molecular weight is 525 g/mol. The van der Waals surface area contributed by atoms with Crippen molar-refractivity contribution in [3.8, 4) is 0 Å². The number of rotatable bonds is 8. The van der Waals surface area contributed by atoms with Crippen molar-refractivity contribution in [1.29, 1.82) is 0 Å². The SMILES string of the molecule is O=S(=O)(CNC12CC3CC(CC(C3)C1)C2)[N-]S(=O)(=O)C(F)(F)C(F)(F)C(F)(F)C(F)(F)F. The smallest absolute Gasteiger partial charge is 0.430 e. The first kappa shape index (κ1) is 25.8. The minimum absolute atomic E-state index is 0.268. The molecule has 0 radical (unpaired) electrons. The van der Waals surface area contributed by atoms with Crippen LogP contribution in [-0.4, -0.2) is 51.5 Å². The first-order valence-corrected chi connectivity index (χ1v) is 12.4. The van der Waals surface area contributed by atoms with E-state index < -0.39 is 54.7 Å². The van der Waals surface area contributed by atoms with Crippen LogP contribution in [0.2, 0.25) is 0 Å². The molecule has 4 rings (SSSR count). The molecule has 188 valence electrons. The van der Waals surface area contributed by atoms with Gasteiger partial charge in [-0.25, -0.2) is 16.8 Å². The molecule has 4 aliphatic carbocycles. The minimum atomic E-state index is -7.54. The van der Waals surface area contributed by atoms with Crippen molar-refractivity contribution in [1.82, 2.24) is 5.32 Å². The maximum absolute atomic E-state index is 13.7. The van der Waals surface area contributed by atoms with Crippen LogP contribution < -0.4 is 5.32 Å². The summed E-state index contributed by atoms with van der Waals surface area (Å²) in [6.45, 7) is 0. The van der Waals surface area contributed by atoms with Crippen LogP contribution >= 0.6 is 0 Å². The second kappa shape index (κ2) is 7.34. The molecule has 4 aliphatic rings. The molecule has 0 aliphatic heterocycles. The van der Waals surface area contributed by atoms with Gasteiger partial charge >= 0.3 is 23.3 Å². The first-order chi connectivity index (χ1) is 14.1. The number of hydrogen-bond acceptors (Lipinski definition) is 5. The maximum atomic E-state index is 13.7. The normalized spacial score (nSPS) is 31.8.